The zero-order chi connectivity index (χ0) is 13.7. The number of hydrogen-bond donors (Lipinski definition) is 2. The normalized spacial score (nSPS) is 12.2. The summed E-state index contributed by atoms with van der Waals surface area (Å²) in [5.74, 6) is 6.56. The molecule has 0 amide bonds. The summed E-state index contributed by atoms with van der Waals surface area (Å²) in [7, 11) is 1.68. The molecule has 2 aromatic carbocycles. The number of para-hydroxylation sites is 1. The summed E-state index contributed by atoms with van der Waals surface area (Å²) >= 11 is 0. The third-order valence-corrected chi connectivity index (χ3v) is 3.28. The lowest BCUT2D eigenvalue weighted by atomic mass is 9.98. The molecule has 1 atom stereocenters. The Balaban J connectivity index is 2.22. The van der Waals surface area contributed by atoms with E-state index >= 15 is 0 Å². The van der Waals surface area contributed by atoms with Crippen molar-refractivity contribution in [3.05, 3.63) is 65.2 Å². The minimum Gasteiger partial charge on any atom is -0.496 e. The van der Waals surface area contributed by atoms with Crippen molar-refractivity contribution >= 4 is 0 Å². The van der Waals surface area contributed by atoms with Gasteiger partial charge in [-0.05, 0) is 25.0 Å². The molecule has 0 aliphatic rings. The van der Waals surface area contributed by atoms with Crippen LogP contribution in [0.5, 0.6) is 5.75 Å². The van der Waals surface area contributed by atoms with Crippen LogP contribution in [0.2, 0.25) is 0 Å². The largest absolute Gasteiger partial charge is 0.496 e. The first-order valence-corrected chi connectivity index (χ1v) is 6.39. The number of nitrogens with one attached hydrogen (secondary N) is 1. The molecule has 3 heteroatoms. The molecular weight excluding hydrogens is 236 g/mol. The van der Waals surface area contributed by atoms with Crippen LogP contribution in [0, 0.1) is 6.92 Å². The van der Waals surface area contributed by atoms with Crippen LogP contribution in [0.15, 0.2) is 48.5 Å². The Morgan fingerprint density at radius 1 is 1.11 bits per heavy atom. The Morgan fingerprint density at radius 3 is 2.42 bits per heavy atom. The minimum atomic E-state index is 0.0406. The Labute approximate surface area is 114 Å². The number of hydrogen-bond acceptors (Lipinski definition) is 3. The van der Waals surface area contributed by atoms with Gasteiger partial charge in [0.2, 0.25) is 0 Å². The summed E-state index contributed by atoms with van der Waals surface area (Å²) in [4.78, 5) is 0. The number of hydrazine groups is 1. The second-order valence-corrected chi connectivity index (χ2v) is 4.65. The molecule has 3 nitrogen and oxygen atoms in total. The van der Waals surface area contributed by atoms with Crippen LogP contribution < -0.4 is 16.0 Å². The highest BCUT2D eigenvalue weighted by molar-refractivity contribution is 5.37. The second kappa shape index (κ2) is 6.36. The highest BCUT2D eigenvalue weighted by Crippen LogP contribution is 2.26. The highest BCUT2D eigenvalue weighted by atomic mass is 16.5. The van der Waals surface area contributed by atoms with Crippen LogP contribution in [0.4, 0.5) is 0 Å². The fourth-order valence-corrected chi connectivity index (χ4v) is 2.17. The van der Waals surface area contributed by atoms with Gasteiger partial charge in [-0.1, -0.05) is 48.0 Å². The molecule has 2 rings (SSSR count). The molecule has 0 saturated heterocycles. The number of benzene rings is 2. The molecule has 0 fully saturated rings. The lowest BCUT2D eigenvalue weighted by molar-refractivity contribution is 0.399. The number of rotatable bonds is 5. The average molecular weight is 256 g/mol. The maximum absolute atomic E-state index is 5.70. The summed E-state index contributed by atoms with van der Waals surface area (Å²) < 4.78 is 5.39. The molecule has 2 aromatic rings. The van der Waals surface area contributed by atoms with Crippen molar-refractivity contribution in [3.8, 4) is 5.75 Å². The second-order valence-electron chi connectivity index (χ2n) is 4.65. The molecule has 100 valence electrons. The van der Waals surface area contributed by atoms with E-state index in [1.54, 1.807) is 7.11 Å². The van der Waals surface area contributed by atoms with Gasteiger partial charge in [0.05, 0.1) is 13.2 Å². The van der Waals surface area contributed by atoms with Crippen molar-refractivity contribution in [2.75, 3.05) is 7.11 Å². The van der Waals surface area contributed by atoms with Gasteiger partial charge in [-0.25, -0.2) is 0 Å². The van der Waals surface area contributed by atoms with Crippen LogP contribution in [0.25, 0.3) is 0 Å². The van der Waals surface area contributed by atoms with Crippen molar-refractivity contribution in [1.82, 2.24) is 5.43 Å². The molecule has 1 unspecified atom stereocenters. The van der Waals surface area contributed by atoms with E-state index in [0.29, 0.717) is 0 Å². The van der Waals surface area contributed by atoms with Gasteiger partial charge in [-0.2, -0.15) is 0 Å². The van der Waals surface area contributed by atoms with Crippen molar-refractivity contribution in [1.29, 1.82) is 0 Å². The lowest BCUT2D eigenvalue weighted by Gasteiger charge is -2.19. The Morgan fingerprint density at radius 2 is 1.79 bits per heavy atom. The molecule has 0 saturated carbocycles. The molecule has 0 bridgehead atoms. The summed E-state index contributed by atoms with van der Waals surface area (Å²) in [6.07, 6.45) is 0.831. The average Bonchev–Trinajstić information content (AvgIpc) is 2.46. The van der Waals surface area contributed by atoms with Gasteiger partial charge in [-0.15, -0.1) is 0 Å². The van der Waals surface area contributed by atoms with Crippen LogP contribution in [-0.2, 0) is 6.42 Å². The van der Waals surface area contributed by atoms with E-state index in [1.165, 1.54) is 11.1 Å². The van der Waals surface area contributed by atoms with E-state index in [4.69, 9.17) is 10.6 Å². The number of nitrogens with two attached hydrogens (primary N) is 1. The van der Waals surface area contributed by atoms with Crippen LogP contribution >= 0.6 is 0 Å². The Hall–Kier alpha value is -1.84. The molecule has 0 heterocycles. The monoisotopic (exact) mass is 256 g/mol. The van der Waals surface area contributed by atoms with Crippen molar-refractivity contribution in [2.24, 2.45) is 5.84 Å². The van der Waals surface area contributed by atoms with E-state index in [9.17, 15) is 0 Å². The maximum atomic E-state index is 5.70. The summed E-state index contributed by atoms with van der Waals surface area (Å²) in [6.45, 7) is 2.09. The van der Waals surface area contributed by atoms with E-state index in [1.807, 2.05) is 24.3 Å². The Kier molecular flexibility index (Phi) is 4.55. The third-order valence-electron chi connectivity index (χ3n) is 3.28. The van der Waals surface area contributed by atoms with Crippen LogP contribution in [-0.4, -0.2) is 7.11 Å². The molecule has 0 spiro atoms. The van der Waals surface area contributed by atoms with Gasteiger partial charge < -0.3 is 4.74 Å². The van der Waals surface area contributed by atoms with Crippen molar-refractivity contribution in [2.45, 2.75) is 19.4 Å². The van der Waals surface area contributed by atoms with Gasteiger partial charge in [0.15, 0.2) is 0 Å². The zero-order valence-corrected chi connectivity index (χ0v) is 11.4. The Bertz CT molecular complexity index is 523. The molecule has 0 radical (unpaired) electrons. The van der Waals surface area contributed by atoms with E-state index in [2.05, 4.69) is 36.6 Å². The number of aryl methyl sites for hydroxylation is 1. The molecular formula is C16H20N2O. The zero-order valence-electron chi connectivity index (χ0n) is 11.4. The van der Waals surface area contributed by atoms with Crippen molar-refractivity contribution in [3.63, 3.8) is 0 Å². The number of methoxy groups -OCH3 is 1. The van der Waals surface area contributed by atoms with Crippen molar-refractivity contribution < 1.29 is 4.74 Å². The highest BCUT2D eigenvalue weighted by Gasteiger charge is 2.14. The predicted octanol–water partition coefficient (Wildman–Crippen LogP) is 2.75. The number of ether oxygens (including phenoxy) is 1. The SMILES string of the molecule is COc1ccccc1C(Cc1ccc(C)cc1)NN. The minimum absolute atomic E-state index is 0.0406. The first kappa shape index (κ1) is 13.6. The van der Waals surface area contributed by atoms with Gasteiger partial charge >= 0.3 is 0 Å². The van der Waals surface area contributed by atoms with Gasteiger partial charge in [-0.3, -0.25) is 11.3 Å². The first-order valence-electron chi connectivity index (χ1n) is 6.39. The summed E-state index contributed by atoms with van der Waals surface area (Å²) in [5.41, 5.74) is 6.46. The fourth-order valence-electron chi connectivity index (χ4n) is 2.17. The lowest BCUT2D eigenvalue weighted by Crippen LogP contribution is -2.29. The maximum Gasteiger partial charge on any atom is 0.123 e. The molecule has 0 aliphatic carbocycles. The fraction of sp³-hybridized carbons (Fsp3) is 0.250. The summed E-state index contributed by atoms with van der Waals surface area (Å²) in [5, 5.41) is 0. The topological polar surface area (TPSA) is 47.3 Å². The quantitative estimate of drug-likeness (QED) is 0.639. The van der Waals surface area contributed by atoms with Crippen LogP contribution in [0.1, 0.15) is 22.7 Å². The molecule has 0 aliphatic heterocycles. The predicted molar refractivity (Wildman–Crippen MR) is 77.9 cm³/mol. The molecule has 0 aromatic heterocycles. The molecule has 3 N–H and O–H groups in total. The first-order chi connectivity index (χ1) is 9.24. The van der Waals surface area contributed by atoms with Gasteiger partial charge in [0.25, 0.3) is 0 Å². The van der Waals surface area contributed by atoms with Gasteiger partial charge in [0.1, 0.15) is 5.75 Å². The van der Waals surface area contributed by atoms with E-state index < -0.39 is 0 Å². The van der Waals surface area contributed by atoms with Crippen LogP contribution in [0.3, 0.4) is 0 Å². The van der Waals surface area contributed by atoms with Gasteiger partial charge in [0, 0.05) is 5.56 Å². The third kappa shape index (κ3) is 3.34. The molecule has 19 heavy (non-hydrogen) atoms. The smallest absolute Gasteiger partial charge is 0.123 e. The standard InChI is InChI=1S/C16H20N2O/c1-12-7-9-13(10-8-12)11-15(18-17)14-5-3-4-6-16(14)19-2/h3-10,15,18H,11,17H2,1-2H3. The van der Waals surface area contributed by atoms with E-state index in [-0.39, 0.29) is 6.04 Å². The summed E-state index contributed by atoms with van der Waals surface area (Å²) in [6, 6.07) is 16.5. The van der Waals surface area contributed by atoms with E-state index in [0.717, 1.165) is 17.7 Å².